The highest BCUT2D eigenvalue weighted by molar-refractivity contribution is 5.66. The molecule has 1 saturated heterocycles. The van der Waals surface area contributed by atoms with Crippen molar-refractivity contribution in [2.45, 2.75) is 25.3 Å². The fraction of sp³-hybridized carbons (Fsp3) is 0.368. The molecule has 1 aliphatic rings. The van der Waals surface area contributed by atoms with Crippen LogP contribution in [0.25, 0.3) is 6.08 Å². The van der Waals surface area contributed by atoms with Gasteiger partial charge in [-0.25, -0.2) is 4.39 Å². The van der Waals surface area contributed by atoms with Gasteiger partial charge in [-0.3, -0.25) is 14.4 Å². The maximum Gasteiger partial charge on any atom is 0.325 e. The van der Waals surface area contributed by atoms with Crippen molar-refractivity contribution in [3.8, 4) is 0 Å². The van der Waals surface area contributed by atoms with Crippen LogP contribution in [-0.2, 0) is 11.3 Å². The van der Waals surface area contributed by atoms with Gasteiger partial charge in [-0.05, 0) is 43.1 Å². The summed E-state index contributed by atoms with van der Waals surface area (Å²) in [5, 5.41) is 13.1. The van der Waals surface area contributed by atoms with Gasteiger partial charge in [0.1, 0.15) is 12.4 Å². The lowest BCUT2D eigenvalue weighted by Gasteiger charge is -2.32. The number of carbonyl (C=O) groups is 1. The predicted octanol–water partition coefficient (Wildman–Crippen LogP) is 3.00. The molecule has 25 heavy (non-hydrogen) atoms. The molecule has 1 aromatic carbocycles. The Bertz CT molecular complexity index is 739. The zero-order valence-corrected chi connectivity index (χ0v) is 14.0. The number of rotatable bonds is 6. The summed E-state index contributed by atoms with van der Waals surface area (Å²) in [6, 6.07) is 8.36. The van der Waals surface area contributed by atoms with Crippen LogP contribution >= 0.6 is 0 Å². The van der Waals surface area contributed by atoms with Crippen LogP contribution in [-0.4, -0.2) is 45.4 Å². The number of aliphatic carboxylic acids is 1. The number of hydrogen-bond acceptors (Lipinski definition) is 3. The van der Waals surface area contributed by atoms with Gasteiger partial charge in [-0.2, -0.15) is 5.10 Å². The van der Waals surface area contributed by atoms with Gasteiger partial charge in [-0.15, -0.1) is 0 Å². The van der Waals surface area contributed by atoms with E-state index in [2.05, 4.69) is 16.1 Å². The molecule has 1 N–H and O–H groups in total. The Hall–Kier alpha value is -2.47. The third kappa shape index (κ3) is 4.76. The smallest absolute Gasteiger partial charge is 0.325 e. The summed E-state index contributed by atoms with van der Waals surface area (Å²) in [4.78, 5) is 13.3. The van der Waals surface area contributed by atoms with Crippen LogP contribution in [0.15, 0.2) is 42.6 Å². The molecule has 1 fully saturated rings. The molecule has 132 valence electrons. The first-order valence-electron chi connectivity index (χ1n) is 8.50. The van der Waals surface area contributed by atoms with Crippen molar-refractivity contribution in [1.29, 1.82) is 0 Å². The number of carboxylic acids is 1. The average molecular weight is 343 g/mol. The number of likely N-dealkylation sites (tertiary alicyclic amines) is 1. The van der Waals surface area contributed by atoms with E-state index in [1.165, 1.54) is 12.1 Å². The Morgan fingerprint density at radius 1 is 1.32 bits per heavy atom. The van der Waals surface area contributed by atoms with E-state index in [0.29, 0.717) is 5.92 Å². The molecular formula is C19H22FN3O2. The Morgan fingerprint density at radius 2 is 2.12 bits per heavy atom. The van der Waals surface area contributed by atoms with Crippen LogP contribution in [0.1, 0.15) is 30.0 Å². The molecule has 0 bridgehead atoms. The van der Waals surface area contributed by atoms with Crippen molar-refractivity contribution in [3.63, 3.8) is 0 Å². The molecule has 2 heterocycles. The number of hydrogen-bond donors (Lipinski definition) is 1. The molecule has 1 atom stereocenters. The minimum atomic E-state index is -0.875. The molecule has 0 amide bonds. The van der Waals surface area contributed by atoms with Crippen LogP contribution < -0.4 is 0 Å². The largest absolute Gasteiger partial charge is 0.480 e. The zero-order chi connectivity index (χ0) is 17.6. The normalized spacial score (nSPS) is 18.7. The van der Waals surface area contributed by atoms with Crippen molar-refractivity contribution in [2.75, 3.05) is 19.6 Å². The molecule has 6 heteroatoms. The van der Waals surface area contributed by atoms with Gasteiger partial charge < -0.3 is 5.11 Å². The number of halogens is 1. The average Bonchev–Trinajstić information content (AvgIpc) is 3.04. The van der Waals surface area contributed by atoms with E-state index in [0.717, 1.165) is 43.7 Å². The fourth-order valence-electron chi connectivity index (χ4n) is 3.32. The van der Waals surface area contributed by atoms with E-state index in [-0.39, 0.29) is 12.4 Å². The monoisotopic (exact) mass is 343 g/mol. The maximum absolute atomic E-state index is 12.9. The lowest BCUT2D eigenvalue weighted by atomic mass is 9.94. The molecule has 0 aliphatic carbocycles. The number of carboxylic acid groups (broad SMARTS) is 1. The van der Waals surface area contributed by atoms with E-state index >= 15 is 0 Å². The molecule has 0 unspecified atom stereocenters. The van der Waals surface area contributed by atoms with Crippen molar-refractivity contribution >= 4 is 12.0 Å². The first-order valence-corrected chi connectivity index (χ1v) is 8.50. The molecular weight excluding hydrogens is 321 g/mol. The summed E-state index contributed by atoms with van der Waals surface area (Å²) >= 11 is 0. The van der Waals surface area contributed by atoms with E-state index in [1.54, 1.807) is 23.0 Å². The first-order chi connectivity index (χ1) is 12.1. The van der Waals surface area contributed by atoms with Gasteiger partial charge in [0, 0.05) is 30.9 Å². The second-order valence-electron chi connectivity index (χ2n) is 6.36. The third-order valence-corrected chi connectivity index (χ3v) is 4.50. The van der Waals surface area contributed by atoms with Gasteiger partial charge in [0.25, 0.3) is 0 Å². The highest BCUT2D eigenvalue weighted by atomic mass is 19.1. The maximum atomic E-state index is 12.9. The van der Waals surface area contributed by atoms with Crippen molar-refractivity contribution in [3.05, 3.63) is 59.7 Å². The first kappa shape index (κ1) is 17.4. The Morgan fingerprint density at radius 3 is 2.88 bits per heavy atom. The van der Waals surface area contributed by atoms with Crippen LogP contribution in [0.4, 0.5) is 4.39 Å². The van der Waals surface area contributed by atoms with Crippen LogP contribution in [0.3, 0.4) is 0 Å². The van der Waals surface area contributed by atoms with E-state index in [9.17, 15) is 9.18 Å². The lowest BCUT2D eigenvalue weighted by Crippen LogP contribution is -2.35. The van der Waals surface area contributed by atoms with Gasteiger partial charge in [-0.1, -0.05) is 24.3 Å². The van der Waals surface area contributed by atoms with Crippen molar-refractivity contribution < 1.29 is 14.3 Å². The minimum Gasteiger partial charge on any atom is -0.480 e. The molecule has 3 rings (SSSR count). The van der Waals surface area contributed by atoms with E-state index in [1.807, 2.05) is 12.1 Å². The molecule has 0 saturated carbocycles. The summed E-state index contributed by atoms with van der Waals surface area (Å²) < 4.78 is 14.5. The van der Waals surface area contributed by atoms with Crippen molar-refractivity contribution in [1.82, 2.24) is 14.7 Å². The predicted molar refractivity (Wildman–Crippen MR) is 93.7 cm³/mol. The summed E-state index contributed by atoms with van der Waals surface area (Å²) in [5.74, 6) is -0.802. The standard InChI is InChI=1S/C19H22FN3O2/c20-17-7-5-15(6-8-17)3-1-11-22-12-2-4-16(13-22)18-9-10-21-23(18)14-19(24)25/h1,3,5-10,16H,2,4,11-14H2,(H,24,25)/b3-1+/t16-/m0/s1. The topological polar surface area (TPSA) is 58.4 Å². The second-order valence-corrected chi connectivity index (χ2v) is 6.36. The number of piperidine rings is 1. The number of aromatic nitrogens is 2. The molecule has 5 nitrogen and oxygen atoms in total. The van der Waals surface area contributed by atoms with Gasteiger partial charge in [0.2, 0.25) is 0 Å². The quantitative estimate of drug-likeness (QED) is 0.876. The Labute approximate surface area is 146 Å². The van der Waals surface area contributed by atoms with Crippen LogP contribution in [0.5, 0.6) is 0 Å². The second kappa shape index (κ2) is 8.07. The number of benzene rings is 1. The zero-order valence-electron chi connectivity index (χ0n) is 14.0. The number of nitrogens with zero attached hydrogens (tertiary/aromatic N) is 3. The SMILES string of the molecule is O=C(O)Cn1nccc1[C@H]1CCCN(C/C=C/c2ccc(F)cc2)C1. The molecule has 2 aromatic rings. The highest BCUT2D eigenvalue weighted by Gasteiger charge is 2.23. The lowest BCUT2D eigenvalue weighted by molar-refractivity contribution is -0.137. The Kier molecular flexibility index (Phi) is 5.60. The third-order valence-electron chi connectivity index (χ3n) is 4.50. The fourth-order valence-corrected chi connectivity index (χ4v) is 3.32. The summed E-state index contributed by atoms with van der Waals surface area (Å²) in [5.41, 5.74) is 1.98. The van der Waals surface area contributed by atoms with Gasteiger partial charge >= 0.3 is 5.97 Å². The van der Waals surface area contributed by atoms with Crippen LogP contribution in [0.2, 0.25) is 0 Å². The molecule has 1 aliphatic heterocycles. The van der Waals surface area contributed by atoms with Crippen LogP contribution in [0, 0.1) is 5.82 Å². The van der Waals surface area contributed by atoms with Gasteiger partial charge in [0.05, 0.1) is 0 Å². The van der Waals surface area contributed by atoms with Crippen molar-refractivity contribution in [2.24, 2.45) is 0 Å². The summed E-state index contributed by atoms with van der Waals surface area (Å²) in [7, 11) is 0. The van der Waals surface area contributed by atoms with E-state index < -0.39 is 5.97 Å². The Balaban J connectivity index is 1.59. The molecule has 0 radical (unpaired) electrons. The molecule has 1 aromatic heterocycles. The minimum absolute atomic E-state index is 0.0939. The highest BCUT2D eigenvalue weighted by Crippen LogP contribution is 2.26. The summed E-state index contributed by atoms with van der Waals surface area (Å²) in [6.07, 6.45) is 7.88. The summed E-state index contributed by atoms with van der Waals surface area (Å²) in [6.45, 7) is 2.64. The van der Waals surface area contributed by atoms with Gasteiger partial charge in [0.15, 0.2) is 0 Å². The molecule has 0 spiro atoms. The van der Waals surface area contributed by atoms with E-state index in [4.69, 9.17) is 5.11 Å².